The molecule has 1 unspecified atom stereocenters. The van der Waals surface area contributed by atoms with Crippen LogP contribution < -0.4 is 0 Å². The van der Waals surface area contributed by atoms with Crippen LogP contribution in [-0.4, -0.2) is 34.3 Å². The molecule has 0 aromatic carbocycles. The van der Waals surface area contributed by atoms with Crippen molar-refractivity contribution < 1.29 is 0 Å². The SMILES string of the molecule is Cc1ncc(C)n2nc(CC(C)c3nc(Br)nn3C)nc12. The molecule has 110 valence electrons. The molecule has 3 aromatic heterocycles. The van der Waals surface area contributed by atoms with E-state index in [4.69, 9.17) is 0 Å². The topological polar surface area (TPSA) is 73.8 Å². The molecule has 1 atom stereocenters. The lowest BCUT2D eigenvalue weighted by molar-refractivity contribution is 0.606. The predicted octanol–water partition coefficient (Wildman–Crippen LogP) is 1.98. The summed E-state index contributed by atoms with van der Waals surface area (Å²) < 4.78 is 4.23. The molecule has 0 saturated carbocycles. The Balaban J connectivity index is 1.93. The summed E-state index contributed by atoms with van der Waals surface area (Å²) in [6.45, 7) is 6.01. The Morgan fingerprint density at radius 3 is 2.62 bits per heavy atom. The maximum atomic E-state index is 4.60. The van der Waals surface area contributed by atoms with Crippen molar-refractivity contribution in [3.8, 4) is 0 Å². The van der Waals surface area contributed by atoms with Crippen LogP contribution in [0.2, 0.25) is 0 Å². The number of aromatic nitrogens is 7. The van der Waals surface area contributed by atoms with Crippen molar-refractivity contribution in [2.45, 2.75) is 33.1 Å². The van der Waals surface area contributed by atoms with E-state index < -0.39 is 0 Å². The minimum Gasteiger partial charge on any atom is -0.256 e. The number of fused-ring (bicyclic) bond motifs is 1. The van der Waals surface area contributed by atoms with E-state index in [1.807, 2.05) is 31.6 Å². The number of rotatable bonds is 3. The van der Waals surface area contributed by atoms with E-state index in [-0.39, 0.29) is 5.92 Å². The zero-order chi connectivity index (χ0) is 15.1. The van der Waals surface area contributed by atoms with Gasteiger partial charge in [-0.2, -0.15) is 5.10 Å². The summed E-state index contributed by atoms with van der Waals surface area (Å²) in [5, 5.41) is 8.78. The zero-order valence-electron chi connectivity index (χ0n) is 12.4. The van der Waals surface area contributed by atoms with Crippen LogP contribution in [0.5, 0.6) is 0 Å². The lowest BCUT2D eigenvalue weighted by Gasteiger charge is -2.07. The van der Waals surface area contributed by atoms with Crippen molar-refractivity contribution >= 4 is 21.6 Å². The number of hydrogen-bond donors (Lipinski definition) is 0. The van der Waals surface area contributed by atoms with Crippen LogP contribution in [0.1, 0.15) is 35.9 Å². The van der Waals surface area contributed by atoms with Gasteiger partial charge in [0.25, 0.3) is 0 Å². The smallest absolute Gasteiger partial charge is 0.217 e. The second-order valence-electron chi connectivity index (χ2n) is 5.22. The van der Waals surface area contributed by atoms with Crippen molar-refractivity contribution in [2.75, 3.05) is 0 Å². The summed E-state index contributed by atoms with van der Waals surface area (Å²) in [6.07, 6.45) is 2.52. The van der Waals surface area contributed by atoms with Crippen LogP contribution in [0.25, 0.3) is 5.65 Å². The van der Waals surface area contributed by atoms with Gasteiger partial charge in [-0.15, -0.1) is 5.10 Å². The highest BCUT2D eigenvalue weighted by molar-refractivity contribution is 9.10. The first kappa shape index (κ1) is 14.1. The molecule has 0 N–H and O–H groups in total. The van der Waals surface area contributed by atoms with E-state index in [2.05, 4.69) is 48.0 Å². The Morgan fingerprint density at radius 2 is 2.00 bits per heavy atom. The van der Waals surface area contributed by atoms with Crippen LogP contribution in [0.3, 0.4) is 0 Å². The fourth-order valence-electron chi connectivity index (χ4n) is 2.38. The van der Waals surface area contributed by atoms with Gasteiger partial charge >= 0.3 is 0 Å². The van der Waals surface area contributed by atoms with Crippen molar-refractivity contribution in [3.63, 3.8) is 0 Å². The molecular weight excluding hydrogens is 334 g/mol. The van der Waals surface area contributed by atoms with Crippen LogP contribution >= 0.6 is 15.9 Å². The van der Waals surface area contributed by atoms with E-state index in [1.54, 1.807) is 4.68 Å². The minimum absolute atomic E-state index is 0.180. The number of aryl methyl sites for hydroxylation is 3. The molecular formula is C13H16BrN7. The lowest BCUT2D eigenvalue weighted by atomic mass is 10.1. The Kier molecular flexibility index (Phi) is 3.48. The van der Waals surface area contributed by atoms with E-state index in [0.717, 1.165) is 28.7 Å². The first-order valence-corrected chi connectivity index (χ1v) is 7.49. The van der Waals surface area contributed by atoms with Crippen molar-refractivity contribution in [2.24, 2.45) is 7.05 Å². The summed E-state index contributed by atoms with van der Waals surface area (Å²) in [4.78, 5) is 13.3. The Bertz CT molecular complexity index is 765. The van der Waals surface area contributed by atoms with E-state index in [9.17, 15) is 0 Å². The molecule has 0 spiro atoms. The average Bonchev–Trinajstić information content (AvgIpc) is 2.98. The summed E-state index contributed by atoms with van der Waals surface area (Å²) in [5.74, 6) is 1.88. The maximum Gasteiger partial charge on any atom is 0.217 e. The van der Waals surface area contributed by atoms with Gasteiger partial charge in [0.2, 0.25) is 4.73 Å². The highest BCUT2D eigenvalue weighted by Crippen LogP contribution is 2.19. The molecule has 21 heavy (non-hydrogen) atoms. The first-order valence-electron chi connectivity index (χ1n) is 6.70. The van der Waals surface area contributed by atoms with Gasteiger partial charge in [0.15, 0.2) is 11.5 Å². The fraction of sp³-hybridized carbons (Fsp3) is 0.462. The minimum atomic E-state index is 0.180. The van der Waals surface area contributed by atoms with Crippen LogP contribution in [0, 0.1) is 13.8 Å². The molecule has 3 heterocycles. The van der Waals surface area contributed by atoms with Crippen LogP contribution in [0.15, 0.2) is 10.9 Å². The van der Waals surface area contributed by atoms with Crippen molar-refractivity contribution in [3.05, 3.63) is 34.0 Å². The summed E-state index contributed by atoms with van der Waals surface area (Å²) in [5.41, 5.74) is 2.67. The summed E-state index contributed by atoms with van der Waals surface area (Å²) in [7, 11) is 1.89. The van der Waals surface area contributed by atoms with Crippen molar-refractivity contribution in [1.29, 1.82) is 0 Å². The van der Waals surface area contributed by atoms with Crippen LogP contribution in [-0.2, 0) is 13.5 Å². The highest BCUT2D eigenvalue weighted by atomic mass is 79.9. The Labute approximate surface area is 130 Å². The maximum absolute atomic E-state index is 4.60. The molecule has 0 aliphatic carbocycles. The van der Waals surface area contributed by atoms with E-state index in [0.29, 0.717) is 11.2 Å². The van der Waals surface area contributed by atoms with Gasteiger partial charge in [0.05, 0.1) is 11.4 Å². The highest BCUT2D eigenvalue weighted by Gasteiger charge is 2.17. The number of hydrogen-bond acceptors (Lipinski definition) is 5. The predicted molar refractivity (Wildman–Crippen MR) is 81.1 cm³/mol. The summed E-state index contributed by atoms with van der Waals surface area (Å²) in [6, 6.07) is 0. The molecule has 0 radical (unpaired) electrons. The van der Waals surface area contributed by atoms with E-state index >= 15 is 0 Å². The van der Waals surface area contributed by atoms with Gasteiger partial charge in [-0.1, -0.05) is 6.92 Å². The Hall–Kier alpha value is -1.83. The molecule has 0 aliphatic rings. The third-order valence-corrected chi connectivity index (χ3v) is 3.79. The van der Waals surface area contributed by atoms with Gasteiger partial charge in [0.1, 0.15) is 5.82 Å². The monoisotopic (exact) mass is 349 g/mol. The fourth-order valence-corrected chi connectivity index (χ4v) is 2.80. The largest absolute Gasteiger partial charge is 0.256 e. The summed E-state index contributed by atoms with van der Waals surface area (Å²) >= 11 is 3.30. The molecule has 3 aromatic rings. The third kappa shape index (κ3) is 2.55. The molecule has 0 fully saturated rings. The first-order chi connectivity index (χ1) is 9.95. The standard InChI is InChI=1S/C13H16BrN7/c1-7(11-17-13(14)19-20(11)4)5-10-16-12-9(3)15-6-8(2)21(12)18-10/h6-7H,5H2,1-4H3. The third-order valence-electron chi connectivity index (χ3n) is 3.45. The number of nitrogens with zero attached hydrogens (tertiary/aromatic N) is 7. The normalized spacial score (nSPS) is 13.0. The Morgan fingerprint density at radius 1 is 1.24 bits per heavy atom. The van der Waals surface area contributed by atoms with Gasteiger partial charge in [-0.25, -0.2) is 14.5 Å². The second-order valence-corrected chi connectivity index (χ2v) is 5.93. The molecule has 8 heteroatoms. The lowest BCUT2D eigenvalue weighted by Crippen LogP contribution is -2.08. The average molecular weight is 350 g/mol. The molecule has 0 amide bonds. The van der Waals surface area contributed by atoms with E-state index in [1.165, 1.54) is 0 Å². The van der Waals surface area contributed by atoms with Gasteiger partial charge < -0.3 is 0 Å². The van der Waals surface area contributed by atoms with Gasteiger partial charge in [-0.3, -0.25) is 9.67 Å². The zero-order valence-corrected chi connectivity index (χ0v) is 14.0. The molecule has 0 bridgehead atoms. The van der Waals surface area contributed by atoms with Gasteiger partial charge in [0, 0.05) is 25.6 Å². The molecule has 3 rings (SSSR count). The van der Waals surface area contributed by atoms with Crippen LogP contribution in [0.4, 0.5) is 0 Å². The number of halogens is 1. The molecule has 0 saturated heterocycles. The van der Waals surface area contributed by atoms with Gasteiger partial charge in [-0.05, 0) is 29.8 Å². The quantitative estimate of drug-likeness (QED) is 0.722. The molecule has 0 aliphatic heterocycles. The molecule has 7 nitrogen and oxygen atoms in total. The second kappa shape index (κ2) is 5.18. The van der Waals surface area contributed by atoms with Crippen molar-refractivity contribution in [1.82, 2.24) is 34.3 Å².